The largest absolute Gasteiger partial charge is 0.351 e. The number of nitrogens with one attached hydrogen (secondary N) is 2. The van der Waals surface area contributed by atoms with Crippen molar-refractivity contribution < 1.29 is 4.79 Å². The van der Waals surface area contributed by atoms with Crippen LogP contribution in [-0.4, -0.2) is 10.9 Å². The predicted octanol–water partition coefficient (Wildman–Crippen LogP) is 3.97. The molecule has 1 heterocycles. The fourth-order valence-electron chi connectivity index (χ4n) is 2.41. The van der Waals surface area contributed by atoms with Crippen molar-refractivity contribution in [3.8, 4) is 0 Å². The van der Waals surface area contributed by atoms with Gasteiger partial charge in [-0.1, -0.05) is 48.0 Å². The Morgan fingerprint density at radius 2 is 1.81 bits per heavy atom. The lowest BCUT2D eigenvalue weighted by molar-refractivity contribution is 0.0935. The van der Waals surface area contributed by atoms with E-state index < -0.39 is 0 Å². The number of aromatic nitrogens is 1. The SMILES string of the molecule is Cc1ccc([C@@H](C)NC(=O)c2cc3ccccc3[nH]2)cc1. The molecule has 1 atom stereocenters. The minimum absolute atomic E-state index is 0.0236. The Hall–Kier alpha value is -2.55. The summed E-state index contributed by atoms with van der Waals surface area (Å²) in [5.41, 5.74) is 3.89. The highest BCUT2D eigenvalue weighted by Crippen LogP contribution is 2.17. The number of carbonyl (C=O) groups is 1. The first kappa shape index (κ1) is 13.4. The molecule has 0 radical (unpaired) electrons. The Bertz CT molecular complexity index is 738. The summed E-state index contributed by atoms with van der Waals surface area (Å²) < 4.78 is 0. The van der Waals surface area contributed by atoms with Gasteiger partial charge in [0, 0.05) is 10.9 Å². The highest BCUT2D eigenvalue weighted by Gasteiger charge is 2.13. The van der Waals surface area contributed by atoms with Gasteiger partial charge in [-0.2, -0.15) is 0 Å². The highest BCUT2D eigenvalue weighted by molar-refractivity contribution is 5.98. The molecule has 0 unspecified atom stereocenters. The summed E-state index contributed by atoms with van der Waals surface area (Å²) in [6.07, 6.45) is 0. The maximum atomic E-state index is 12.3. The first-order valence-corrected chi connectivity index (χ1v) is 7.08. The lowest BCUT2D eigenvalue weighted by Gasteiger charge is -2.14. The number of hydrogen-bond donors (Lipinski definition) is 2. The van der Waals surface area contributed by atoms with E-state index in [2.05, 4.69) is 29.4 Å². The van der Waals surface area contributed by atoms with Crippen molar-refractivity contribution in [3.05, 3.63) is 71.4 Å². The molecule has 0 spiro atoms. The van der Waals surface area contributed by atoms with Crippen LogP contribution < -0.4 is 5.32 Å². The van der Waals surface area contributed by atoms with Crippen LogP contribution in [0.3, 0.4) is 0 Å². The molecule has 0 aliphatic carbocycles. The number of H-pyrrole nitrogens is 1. The molecule has 0 aliphatic heterocycles. The van der Waals surface area contributed by atoms with Crippen molar-refractivity contribution in [2.45, 2.75) is 19.9 Å². The van der Waals surface area contributed by atoms with E-state index in [9.17, 15) is 4.79 Å². The second-order valence-corrected chi connectivity index (χ2v) is 5.38. The summed E-state index contributed by atoms with van der Waals surface area (Å²) in [6, 6.07) is 17.9. The number of carbonyl (C=O) groups excluding carboxylic acids is 1. The minimum atomic E-state index is -0.0840. The van der Waals surface area contributed by atoms with E-state index in [0.29, 0.717) is 5.69 Å². The van der Waals surface area contributed by atoms with Gasteiger partial charge >= 0.3 is 0 Å². The zero-order valence-corrected chi connectivity index (χ0v) is 12.2. The molecule has 0 bridgehead atoms. The third-order valence-corrected chi connectivity index (χ3v) is 3.70. The summed E-state index contributed by atoms with van der Waals surface area (Å²) in [6.45, 7) is 4.04. The first-order valence-electron chi connectivity index (χ1n) is 7.08. The normalized spacial score (nSPS) is 12.3. The first-order chi connectivity index (χ1) is 10.1. The molecule has 0 saturated heterocycles. The van der Waals surface area contributed by atoms with Crippen molar-refractivity contribution in [1.29, 1.82) is 0 Å². The summed E-state index contributed by atoms with van der Waals surface area (Å²) in [7, 11) is 0. The number of benzene rings is 2. The fraction of sp³-hybridized carbons (Fsp3) is 0.167. The Balaban J connectivity index is 1.77. The monoisotopic (exact) mass is 278 g/mol. The Morgan fingerprint density at radius 1 is 1.10 bits per heavy atom. The number of amides is 1. The second-order valence-electron chi connectivity index (χ2n) is 5.38. The fourth-order valence-corrected chi connectivity index (χ4v) is 2.41. The summed E-state index contributed by atoms with van der Waals surface area (Å²) in [4.78, 5) is 15.5. The molecule has 3 heteroatoms. The van der Waals surface area contributed by atoms with Crippen LogP contribution in [0.4, 0.5) is 0 Å². The molecule has 0 fully saturated rings. The van der Waals surface area contributed by atoms with E-state index in [4.69, 9.17) is 0 Å². The van der Waals surface area contributed by atoms with Crippen molar-refractivity contribution in [2.24, 2.45) is 0 Å². The summed E-state index contributed by atoms with van der Waals surface area (Å²) in [5.74, 6) is -0.0840. The molecule has 106 valence electrons. The Labute approximate surface area is 124 Å². The van der Waals surface area contributed by atoms with Gasteiger partial charge in [0.2, 0.25) is 0 Å². The molecular weight excluding hydrogens is 260 g/mol. The molecule has 21 heavy (non-hydrogen) atoms. The van der Waals surface area contributed by atoms with Gasteiger partial charge in [-0.25, -0.2) is 0 Å². The van der Waals surface area contributed by atoms with Crippen LogP contribution in [0, 0.1) is 6.92 Å². The molecule has 2 N–H and O–H groups in total. The van der Waals surface area contributed by atoms with Gasteiger partial charge < -0.3 is 10.3 Å². The lowest BCUT2D eigenvalue weighted by atomic mass is 10.1. The van der Waals surface area contributed by atoms with Crippen LogP contribution in [0.25, 0.3) is 10.9 Å². The molecule has 1 amide bonds. The zero-order chi connectivity index (χ0) is 14.8. The van der Waals surface area contributed by atoms with Crippen molar-refractivity contribution in [1.82, 2.24) is 10.3 Å². The summed E-state index contributed by atoms with van der Waals surface area (Å²) >= 11 is 0. The van der Waals surface area contributed by atoms with E-state index >= 15 is 0 Å². The molecule has 0 aliphatic rings. The smallest absolute Gasteiger partial charge is 0.268 e. The molecule has 3 rings (SSSR count). The van der Waals surface area contributed by atoms with Crippen LogP contribution in [0.5, 0.6) is 0 Å². The van der Waals surface area contributed by atoms with Gasteiger partial charge in [-0.3, -0.25) is 4.79 Å². The van der Waals surface area contributed by atoms with E-state index in [-0.39, 0.29) is 11.9 Å². The molecule has 0 saturated carbocycles. The highest BCUT2D eigenvalue weighted by atomic mass is 16.1. The Kier molecular flexibility index (Phi) is 3.48. The van der Waals surface area contributed by atoms with Crippen LogP contribution in [0.1, 0.15) is 34.6 Å². The quantitative estimate of drug-likeness (QED) is 0.748. The number of para-hydroxylation sites is 1. The van der Waals surface area contributed by atoms with Crippen molar-refractivity contribution >= 4 is 16.8 Å². The van der Waals surface area contributed by atoms with Crippen LogP contribution in [0.15, 0.2) is 54.6 Å². The number of fused-ring (bicyclic) bond motifs is 1. The topological polar surface area (TPSA) is 44.9 Å². The molecule has 3 aromatic rings. The third kappa shape index (κ3) is 2.82. The van der Waals surface area contributed by atoms with Crippen molar-refractivity contribution in [3.63, 3.8) is 0 Å². The third-order valence-electron chi connectivity index (χ3n) is 3.70. The molecule has 2 aromatic carbocycles. The molecular formula is C18H18N2O. The van der Waals surface area contributed by atoms with Crippen LogP contribution in [-0.2, 0) is 0 Å². The van der Waals surface area contributed by atoms with Crippen molar-refractivity contribution in [2.75, 3.05) is 0 Å². The number of hydrogen-bond acceptors (Lipinski definition) is 1. The van der Waals surface area contributed by atoms with E-state index in [0.717, 1.165) is 16.5 Å². The molecule has 1 aromatic heterocycles. The van der Waals surface area contributed by atoms with Crippen LogP contribution >= 0.6 is 0 Å². The predicted molar refractivity (Wildman–Crippen MR) is 85.4 cm³/mol. The maximum Gasteiger partial charge on any atom is 0.268 e. The van der Waals surface area contributed by atoms with Crippen LogP contribution in [0.2, 0.25) is 0 Å². The summed E-state index contributed by atoms with van der Waals surface area (Å²) in [5, 5.41) is 4.07. The van der Waals surface area contributed by atoms with E-state index in [1.807, 2.05) is 49.4 Å². The number of rotatable bonds is 3. The van der Waals surface area contributed by atoms with Gasteiger partial charge in [0.25, 0.3) is 5.91 Å². The van der Waals surface area contributed by atoms with E-state index in [1.54, 1.807) is 0 Å². The average Bonchev–Trinajstić information content (AvgIpc) is 2.92. The van der Waals surface area contributed by atoms with Gasteiger partial charge in [0.05, 0.1) is 6.04 Å². The second kappa shape index (κ2) is 5.44. The average molecular weight is 278 g/mol. The standard InChI is InChI=1S/C18H18N2O/c1-12-7-9-14(10-8-12)13(2)19-18(21)17-11-15-5-3-4-6-16(15)20-17/h3-11,13,20H,1-2H3,(H,19,21)/t13-/m1/s1. The van der Waals surface area contributed by atoms with Gasteiger partial charge in [0.15, 0.2) is 0 Å². The maximum absolute atomic E-state index is 12.3. The van der Waals surface area contributed by atoms with Gasteiger partial charge in [0.1, 0.15) is 5.69 Å². The van der Waals surface area contributed by atoms with E-state index in [1.165, 1.54) is 5.56 Å². The zero-order valence-electron chi connectivity index (χ0n) is 12.2. The minimum Gasteiger partial charge on any atom is -0.351 e. The molecule has 3 nitrogen and oxygen atoms in total. The van der Waals surface area contributed by atoms with Gasteiger partial charge in [-0.15, -0.1) is 0 Å². The number of aryl methyl sites for hydroxylation is 1. The van der Waals surface area contributed by atoms with Gasteiger partial charge in [-0.05, 0) is 31.5 Å². The lowest BCUT2D eigenvalue weighted by Crippen LogP contribution is -2.26. The Morgan fingerprint density at radius 3 is 2.52 bits per heavy atom. The number of aromatic amines is 1.